The summed E-state index contributed by atoms with van der Waals surface area (Å²) >= 11 is 0. The maximum absolute atomic E-state index is 13.4. The minimum atomic E-state index is -0.317. The van der Waals surface area contributed by atoms with Gasteiger partial charge in [0, 0.05) is 28.8 Å². The lowest BCUT2D eigenvalue weighted by Gasteiger charge is -2.05. The van der Waals surface area contributed by atoms with E-state index in [-0.39, 0.29) is 5.82 Å². The van der Waals surface area contributed by atoms with Gasteiger partial charge in [-0.15, -0.1) is 0 Å². The first-order chi connectivity index (χ1) is 15.1. The molecule has 0 saturated heterocycles. The Balaban J connectivity index is 1.43. The number of hydrogen-bond donors (Lipinski definition) is 1. The Morgan fingerprint density at radius 2 is 1.52 bits per heavy atom. The maximum Gasteiger partial charge on any atom is 0.258 e. The van der Waals surface area contributed by atoms with Crippen LogP contribution < -0.4 is 9.47 Å². The zero-order valence-electron chi connectivity index (χ0n) is 16.7. The van der Waals surface area contributed by atoms with Crippen LogP contribution >= 0.6 is 0 Å². The molecule has 1 N–H and O–H groups in total. The van der Waals surface area contributed by atoms with Crippen molar-refractivity contribution in [3.63, 3.8) is 0 Å². The van der Waals surface area contributed by atoms with Crippen LogP contribution in [0.25, 0.3) is 45.3 Å². The van der Waals surface area contributed by atoms with Gasteiger partial charge in [-0.1, -0.05) is 29.4 Å². The standard InChI is InChI=1S/C23H17FN4O3/c1-29-17-9-15(10-18(12-17)30-2)23-27-22(28-31-23)14-5-3-13(4-6-14)21-25-19-8-7-16(24)11-20(19)26-21/h3-12H,1-2H3,(H,25,26). The van der Waals surface area contributed by atoms with Gasteiger partial charge in [0.15, 0.2) is 0 Å². The van der Waals surface area contributed by atoms with E-state index in [0.717, 1.165) is 16.6 Å². The molecule has 0 amide bonds. The Hall–Kier alpha value is -4.20. The number of fused-ring (bicyclic) bond motifs is 1. The highest BCUT2D eigenvalue weighted by atomic mass is 19.1. The normalized spacial score (nSPS) is 11.1. The van der Waals surface area contributed by atoms with Gasteiger partial charge in [-0.25, -0.2) is 9.37 Å². The monoisotopic (exact) mass is 416 g/mol. The highest BCUT2D eigenvalue weighted by Crippen LogP contribution is 2.30. The summed E-state index contributed by atoms with van der Waals surface area (Å²) in [6, 6.07) is 17.4. The van der Waals surface area contributed by atoms with Crippen LogP contribution in [0, 0.1) is 5.82 Å². The van der Waals surface area contributed by atoms with Crippen LogP contribution in [-0.2, 0) is 0 Å². The molecule has 0 fully saturated rings. The fourth-order valence-electron chi connectivity index (χ4n) is 3.28. The van der Waals surface area contributed by atoms with E-state index in [4.69, 9.17) is 14.0 Å². The molecule has 0 aliphatic heterocycles. The molecular formula is C23H17FN4O3. The van der Waals surface area contributed by atoms with Gasteiger partial charge in [0.25, 0.3) is 5.89 Å². The second kappa shape index (κ2) is 7.56. The first kappa shape index (κ1) is 18.8. The quantitative estimate of drug-likeness (QED) is 0.429. The van der Waals surface area contributed by atoms with Crippen molar-refractivity contribution in [3.8, 4) is 45.7 Å². The summed E-state index contributed by atoms with van der Waals surface area (Å²) in [6.07, 6.45) is 0. The van der Waals surface area contributed by atoms with Gasteiger partial charge in [-0.2, -0.15) is 4.98 Å². The minimum absolute atomic E-state index is 0.317. The van der Waals surface area contributed by atoms with Crippen molar-refractivity contribution in [3.05, 3.63) is 66.5 Å². The van der Waals surface area contributed by atoms with Crippen molar-refractivity contribution in [2.75, 3.05) is 14.2 Å². The molecule has 2 aromatic heterocycles. The second-order valence-electron chi connectivity index (χ2n) is 6.85. The zero-order chi connectivity index (χ0) is 21.4. The van der Waals surface area contributed by atoms with E-state index in [9.17, 15) is 4.39 Å². The molecule has 31 heavy (non-hydrogen) atoms. The molecule has 7 nitrogen and oxygen atoms in total. The van der Waals surface area contributed by atoms with E-state index >= 15 is 0 Å². The molecular weight excluding hydrogens is 399 g/mol. The molecule has 3 aromatic carbocycles. The van der Waals surface area contributed by atoms with E-state index in [1.165, 1.54) is 12.1 Å². The Labute approximate surface area is 176 Å². The number of rotatable bonds is 5. The summed E-state index contributed by atoms with van der Waals surface area (Å²) in [5.41, 5.74) is 3.70. The van der Waals surface area contributed by atoms with Crippen molar-refractivity contribution in [1.82, 2.24) is 20.1 Å². The summed E-state index contributed by atoms with van der Waals surface area (Å²) < 4.78 is 29.4. The van der Waals surface area contributed by atoms with Gasteiger partial charge in [0.2, 0.25) is 5.82 Å². The average molecular weight is 416 g/mol. The number of hydrogen-bond acceptors (Lipinski definition) is 6. The van der Waals surface area contributed by atoms with Crippen LogP contribution in [0.15, 0.2) is 65.2 Å². The van der Waals surface area contributed by atoms with E-state index in [0.29, 0.717) is 40.1 Å². The third-order valence-electron chi connectivity index (χ3n) is 4.89. The second-order valence-corrected chi connectivity index (χ2v) is 6.85. The Bertz CT molecular complexity index is 1350. The summed E-state index contributed by atoms with van der Waals surface area (Å²) in [7, 11) is 3.16. The van der Waals surface area contributed by atoms with Crippen LogP contribution in [0.2, 0.25) is 0 Å². The van der Waals surface area contributed by atoms with Crippen LogP contribution in [0.3, 0.4) is 0 Å². The average Bonchev–Trinajstić information content (AvgIpc) is 3.46. The molecule has 0 bridgehead atoms. The van der Waals surface area contributed by atoms with Crippen LogP contribution in [-0.4, -0.2) is 34.3 Å². The maximum atomic E-state index is 13.4. The number of benzene rings is 3. The topological polar surface area (TPSA) is 86.1 Å². The van der Waals surface area contributed by atoms with Gasteiger partial charge in [0.05, 0.1) is 25.3 Å². The lowest BCUT2D eigenvalue weighted by molar-refractivity contribution is 0.393. The lowest BCUT2D eigenvalue weighted by atomic mass is 10.1. The SMILES string of the molecule is COc1cc(OC)cc(-c2nc(-c3ccc(-c4nc5cc(F)ccc5[nH]4)cc3)no2)c1. The van der Waals surface area contributed by atoms with Crippen LogP contribution in [0.1, 0.15) is 0 Å². The summed E-state index contributed by atoms with van der Waals surface area (Å²) in [5.74, 6) is 2.41. The molecule has 0 unspecified atom stereocenters. The van der Waals surface area contributed by atoms with Crippen LogP contribution in [0.5, 0.6) is 11.5 Å². The predicted molar refractivity (Wildman–Crippen MR) is 113 cm³/mol. The predicted octanol–water partition coefficient (Wildman–Crippen LogP) is 5.10. The van der Waals surface area contributed by atoms with E-state index in [1.54, 1.807) is 38.5 Å². The van der Waals surface area contributed by atoms with Gasteiger partial charge in [-0.3, -0.25) is 0 Å². The van der Waals surface area contributed by atoms with Gasteiger partial charge < -0.3 is 19.0 Å². The number of halogens is 1. The number of H-pyrrole nitrogens is 1. The van der Waals surface area contributed by atoms with E-state index in [2.05, 4.69) is 20.1 Å². The Morgan fingerprint density at radius 1 is 0.806 bits per heavy atom. The highest BCUT2D eigenvalue weighted by molar-refractivity contribution is 5.79. The molecule has 0 radical (unpaired) electrons. The van der Waals surface area contributed by atoms with Gasteiger partial charge in [0.1, 0.15) is 23.1 Å². The van der Waals surface area contributed by atoms with Gasteiger partial charge in [-0.05, 0) is 24.3 Å². The van der Waals surface area contributed by atoms with Gasteiger partial charge >= 0.3 is 0 Å². The fraction of sp³-hybridized carbons (Fsp3) is 0.0870. The third-order valence-corrected chi connectivity index (χ3v) is 4.89. The first-order valence-electron chi connectivity index (χ1n) is 9.46. The molecule has 5 aromatic rings. The number of nitrogens with zero attached hydrogens (tertiary/aromatic N) is 3. The van der Waals surface area contributed by atoms with E-state index < -0.39 is 0 Å². The minimum Gasteiger partial charge on any atom is -0.497 e. The van der Waals surface area contributed by atoms with Crippen molar-refractivity contribution < 1.29 is 18.4 Å². The van der Waals surface area contributed by atoms with Crippen molar-refractivity contribution in [2.45, 2.75) is 0 Å². The van der Waals surface area contributed by atoms with E-state index in [1.807, 2.05) is 24.3 Å². The van der Waals surface area contributed by atoms with Crippen molar-refractivity contribution in [2.24, 2.45) is 0 Å². The molecule has 0 spiro atoms. The van der Waals surface area contributed by atoms with Crippen molar-refractivity contribution >= 4 is 11.0 Å². The summed E-state index contributed by atoms with van der Waals surface area (Å²) in [4.78, 5) is 12.1. The molecule has 0 aliphatic carbocycles. The molecule has 8 heteroatoms. The van der Waals surface area contributed by atoms with Crippen LogP contribution in [0.4, 0.5) is 4.39 Å². The number of ether oxygens (including phenoxy) is 2. The number of imidazole rings is 1. The third kappa shape index (κ3) is 3.59. The smallest absolute Gasteiger partial charge is 0.258 e. The number of methoxy groups -OCH3 is 2. The number of aromatic nitrogens is 4. The largest absolute Gasteiger partial charge is 0.497 e. The summed E-state index contributed by atoms with van der Waals surface area (Å²) in [5, 5.41) is 4.09. The van der Waals surface area contributed by atoms with Crippen molar-refractivity contribution in [1.29, 1.82) is 0 Å². The molecule has 0 atom stereocenters. The highest BCUT2D eigenvalue weighted by Gasteiger charge is 2.14. The molecule has 0 aliphatic rings. The number of aromatic amines is 1. The fourth-order valence-corrected chi connectivity index (χ4v) is 3.28. The molecule has 5 rings (SSSR count). The molecule has 154 valence electrons. The Morgan fingerprint density at radius 3 is 2.23 bits per heavy atom. The number of nitrogens with one attached hydrogen (secondary N) is 1. The zero-order valence-corrected chi connectivity index (χ0v) is 16.7. The molecule has 2 heterocycles. The lowest BCUT2D eigenvalue weighted by Crippen LogP contribution is -1.89. The first-order valence-corrected chi connectivity index (χ1v) is 9.46. The molecule has 0 saturated carbocycles. The summed E-state index contributed by atoms with van der Waals surface area (Å²) in [6.45, 7) is 0. The Kier molecular flexibility index (Phi) is 4.59.